The molecule has 0 bridgehead atoms. The summed E-state index contributed by atoms with van der Waals surface area (Å²) >= 11 is 1.85. The maximum Gasteiger partial charge on any atom is 0.0371 e. The zero-order chi connectivity index (χ0) is 14.5. The van der Waals surface area contributed by atoms with E-state index in [-0.39, 0.29) is 0 Å². The molecule has 2 rings (SSSR count). The Morgan fingerprint density at radius 1 is 1.10 bits per heavy atom. The van der Waals surface area contributed by atoms with Crippen molar-refractivity contribution in [2.75, 3.05) is 6.54 Å². The van der Waals surface area contributed by atoms with Gasteiger partial charge in [0.25, 0.3) is 0 Å². The lowest BCUT2D eigenvalue weighted by Crippen LogP contribution is -2.24. The molecule has 0 aliphatic rings. The second-order valence-corrected chi connectivity index (χ2v) is 6.62. The zero-order valence-corrected chi connectivity index (χ0v) is 13.8. The van der Waals surface area contributed by atoms with Gasteiger partial charge in [-0.05, 0) is 67.4 Å². The van der Waals surface area contributed by atoms with Crippen LogP contribution < -0.4 is 5.32 Å². The van der Waals surface area contributed by atoms with Crippen LogP contribution in [0.4, 0.5) is 0 Å². The highest BCUT2D eigenvalue weighted by molar-refractivity contribution is 7.09. The Morgan fingerprint density at radius 3 is 2.50 bits per heavy atom. The molecule has 20 heavy (non-hydrogen) atoms. The first-order valence-corrected chi connectivity index (χ1v) is 8.33. The van der Waals surface area contributed by atoms with Gasteiger partial charge in [0.15, 0.2) is 0 Å². The normalized spacial score (nSPS) is 12.6. The van der Waals surface area contributed by atoms with Crippen LogP contribution in [0.15, 0.2) is 29.6 Å². The molecular weight excluding hydrogens is 262 g/mol. The van der Waals surface area contributed by atoms with Gasteiger partial charge in [-0.3, -0.25) is 0 Å². The molecule has 0 amide bonds. The van der Waals surface area contributed by atoms with Gasteiger partial charge in [0.05, 0.1) is 0 Å². The lowest BCUT2D eigenvalue weighted by molar-refractivity contribution is 0.530. The van der Waals surface area contributed by atoms with E-state index in [1.807, 2.05) is 11.3 Å². The summed E-state index contributed by atoms with van der Waals surface area (Å²) in [6.45, 7) is 9.93. The van der Waals surface area contributed by atoms with Crippen LogP contribution in [0.25, 0.3) is 0 Å². The van der Waals surface area contributed by atoms with E-state index < -0.39 is 0 Å². The van der Waals surface area contributed by atoms with E-state index >= 15 is 0 Å². The summed E-state index contributed by atoms with van der Waals surface area (Å²) in [5, 5.41) is 5.88. The van der Waals surface area contributed by atoms with Gasteiger partial charge in [0, 0.05) is 17.3 Å². The summed E-state index contributed by atoms with van der Waals surface area (Å²) in [5.74, 6) is 0. The van der Waals surface area contributed by atoms with Crippen molar-refractivity contribution in [1.29, 1.82) is 0 Å². The maximum atomic E-state index is 3.72. The fourth-order valence-corrected chi connectivity index (χ4v) is 3.35. The van der Waals surface area contributed by atoms with Crippen LogP contribution in [0.5, 0.6) is 0 Å². The summed E-state index contributed by atoms with van der Waals surface area (Å²) in [6, 6.07) is 9.49. The van der Waals surface area contributed by atoms with Crippen molar-refractivity contribution in [2.45, 2.75) is 46.6 Å². The summed E-state index contributed by atoms with van der Waals surface area (Å²) in [7, 11) is 0. The Hall–Kier alpha value is -1.12. The SMILES string of the molecule is CCCNC(Cc1cccs1)c1cc(C)c(C)cc1C. The van der Waals surface area contributed by atoms with Crippen LogP contribution in [-0.2, 0) is 6.42 Å². The zero-order valence-electron chi connectivity index (χ0n) is 13.0. The third-order valence-corrected chi connectivity index (χ3v) is 4.78. The number of aryl methyl sites for hydroxylation is 3. The molecule has 0 aliphatic heterocycles. The van der Waals surface area contributed by atoms with Crippen molar-refractivity contribution in [3.05, 3.63) is 56.8 Å². The Kier molecular flexibility index (Phi) is 5.38. The third kappa shape index (κ3) is 3.71. The van der Waals surface area contributed by atoms with E-state index in [1.165, 1.54) is 33.6 Å². The quantitative estimate of drug-likeness (QED) is 0.792. The minimum absolute atomic E-state index is 0.424. The first kappa shape index (κ1) is 15.3. The minimum Gasteiger partial charge on any atom is -0.310 e. The van der Waals surface area contributed by atoms with Gasteiger partial charge < -0.3 is 5.32 Å². The van der Waals surface area contributed by atoms with Gasteiger partial charge in [0.2, 0.25) is 0 Å². The van der Waals surface area contributed by atoms with Crippen molar-refractivity contribution in [3.63, 3.8) is 0 Å². The average molecular weight is 287 g/mol. The number of nitrogens with one attached hydrogen (secondary N) is 1. The monoisotopic (exact) mass is 287 g/mol. The van der Waals surface area contributed by atoms with Gasteiger partial charge in [-0.2, -0.15) is 0 Å². The summed E-state index contributed by atoms with van der Waals surface area (Å²) in [6.07, 6.45) is 2.26. The molecule has 0 saturated heterocycles. The fourth-order valence-electron chi connectivity index (χ4n) is 2.60. The van der Waals surface area contributed by atoms with Crippen LogP contribution >= 0.6 is 11.3 Å². The predicted molar refractivity (Wildman–Crippen MR) is 89.7 cm³/mol. The first-order chi connectivity index (χ1) is 9.61. The Labute approximate surface area is 127 Å². The second-order valence-electron chi connectivity index (χ2n) is 5.58. The molecule has 0 radical (unpaired) electrons. The second kappa shape index (κ2) is 7.05. The van der Waals surface area contributed by atoms with E-state index in [9.17, 15) is 0 Å². The summed E-state index contributed by atoms with van der Waals surface area (Å²) in [5.41, 5.74) is 5.63. The minimum atomic E-state index is 0.424. The van der Waals surface area contributed by atoms with Gasteiger partial charge in [-0.15, -0.1) is 11.3 Å². The number of hydrogen-bond donors (Lipinski definition) is 1. The van der Waals surface area contributed by atoms with Crippen LogP contribution in [0.1, 0.15) is 46.5 Å². The number of thiophene rings is 1. The smallest absolute Gasteiger partial charge is 0.0371 e. The average Bonchev–Trinajstić information content (AvgIpc) is 2.92. The van der Waals surface area contributed by atoms with Crippen LogP contribution in [0.3, 0.4) is 0 Å². The number of rotatable bonds is 6. The topological polar surface area (TPSA) is 12.0 Å². The molecule has 0 spiro atoms. The predicted octanol–water partition coefficient (Wildman–Crippen LogP) is 4.96. The van der Waals surface area contributed by atoms with Gasteiger partial charge in [-0.1, -0.05) is 25.1 Å². The summed E-state index contributed by atoms with van der Waals surface area (Å²) < 4.78 is 0. The molecule has 1 atom stereocenters. The maximum absolute atomic E-state index is 3.72. The molecule has 2 aromatic rings. The molecule has 1 unspecified atom stereocenters. The van der Waals surface area contributed by atoms with E-state index in [0.717, 1.165) is 13.0 Å². The molecule has 1 heterocycles. The highest BCUT2D eigenvalue weighted by Crippen LogP contribution is 2.26. The molecule has 1 aromatic heterocycles. The molecule has 108 valence electrons. The van der Waals surface area contributed by atoms with Crippen molar-refractivity contribution in [2.24, 2.45) is 0 Å². The van der Waals surface area contributed by atoms with Crippen molar-refractivity contribution in [3.8, 4) is 0 Å². The Morgan fingerprint density at radius 2 is 1.85 bits per heavy atom. The van der Waals surface area contributed by atoms with Crippen molar-refractivity contribution >= 4 is 11.3 Å². The molecule has 0 fully saturated rings. The first-order valence-electron chi connectivity index (χ1n) is 7.45. The van der Waals surface area contributed by atoms with Crippen molar-refractivity contribution < 1.29 is 0 Å². The molecule has 1 aromatic carbocycles. The largest absolute Gasteiger partial charge is 0.310 e. The lowest BCUT2D eigenvalue weighted by Gasteiger charge is -2.22. The van der Waals surface area contributed by atoms with Gasteiger partial charge in [0.1, 0.15) is 0 Å². The van der Waals surface area contributed by atoms with E-state index in [4.69, 9.17) is 0 Å². The standard InChI is InChI=1S/C18H25NS/c1-5-8-19-18(12-16-7-6-9-20-16)17-11-14(3)13(2)10-15(17)4/h6-7,9-11,18-19H,5,8,12H2,1-4H3. The number of hydrogen-bond acceptors (Lipinski definition) is 2. The summed E-state index contributed by atoms with van der Waals surface area (Å²) in [4.78, 5) is 1.45. The molecule has 2 heteroatoms. The lowest BCUT2D eigenvalue weighted by atomic mass is 9.93. The van der Waals surface area contributed by atoms with Crippen molar-refractivity contribution in [1.82, 2.24) is 5.32 Å². The van der Waals surface area contributed by atoms with Gasteiger partial charge in [-0.25, -0.2) is 0 Å². The highest BCUT2D eigenvalue weighted by Gasteiger charge is 2.15. The van der Waals surface area contributed by atoms with E-state index in [2.05, 4.69) is 62.7 Å². The molecule has 0 aliphatic carbocycles. The van der Waals surface area contributed by atoms with Gasteiger partial charge >= 0.3 is 0 Å². The molecule has 0 saturated carbocycles. The molecule has 1 N–H and O–H groups in total. The fraction of sp³-hybridized carbons (Fsp3) is 0.444. The number of benzene rings is 1. The highest BCUT2D eigenvalue weighted by atomic mass is 32.1. The molecular formula is C18H25NS. The van der Waals surface area contributed by atoms with Crippen LogP contribution in [-0.4, -0.2) is 6.54 Å². The molecule has 1 nitrogen and oxygen atoms in total. The Balaban J connectivity index is 2.27. The van der Waals surface area contributed by atoms with E-state index in [1.54, 1.807) is 0 Å². The Bertz CT molecular complexity index is 543. The third-order valence-electron chi connectivity index (χ3n) is 3.88. The van der Waals surface area contributed by atoms with Crippen LogP contribution in [0, 0.1) is 20.8 Å². The van der Waals surface area contributed by atoms with Crippen LogP contribution in [0.2, 0.25) is 0 Å². The van der Waals surface area contributed by atoms with E-state index in [0.29, 0.717) is 6.04 Å².